The first kappa shape index (κ1) is 17.9. The summed E-state index contributed by atoms with van der Waals surface area (Å²) in [5.74, 6) is -0.381. The van der Waals surface area contributed by atoms with E-state index >= 15 is 0 Å². The SMILES string of the molecule is CN(CC(=O)Nc1ccccc1N1CCc2ccccc21)C(=O)c1ccco1. The molecule has 2 heterocycles. The first-order valence-corrected chi connectivity index (χ1v) is 9.17. The van der Waals surface area contributed by atoms with E-state index in [1.165, 1.54) is 16.7 Å². The highest BCUT2D eigenvalue weighted by molar-refractivity contribution is 6.00. The number of hydrogen-bond acceptors (Lipinski definition) is 4. The van der Waals surface area contributed by atoms with E-state index in [9.17, 15) is 9.59 Å². The average molecular weight is 375 g/mol. The fourth-order valence-electron chi connectivity index (χ4n) is 3.47. The van der Waals surface area contributed by atoms with Crippen LogP contribution in [-0.4, -0.2) is 36.9 Å². The number of para-hydroxylation sites is 3. The Bertz CT molecular complexity index is 998. The predicted octanol–water partition coefficient (Wildman–Crippen LogP) is 3.68. The molecule has 0 saturated carbocycles. The molecule has 0 radical (unpaired) electrons. The highest BCUT2D eigenvalue weighted by Crippen LogP contribution is 2.38. The van der Waals surface area contributed by atoms with Crippen molar-refractivity contribution in [1.29, 1.82) is 0 Å². The summed E-state index contributed by atoms with van der Waals surface area (Å²) in [6.07, 6.45) is 2.41. The van der Waals surface area contributed by atoms with Gasteiger partial charge >= 0.3 is 0 Å². The molecular formula is C22H21N3O3. The third-order valence-corrected chi connectivity index (χ3v) is 4.82. The third kappa shape index (κ3) is 3.49. The second-order valence-corrected chi connectivity index (χ2v) is 6.73. The lowest BCUT2D eigenvalue weighted by Gasteiger charge is -2.23. The molecule has 4 rings (SSSR count). The highest BCUT2D eigenvalue weighted by Gasteiger charge is 2.23. The molecule has 6 heteroatoms. The molecule has 3 aromatic rings. The van der Waals surface area contributed by atoms with Gasteiger partial charge in [0, 0.05) is 19.3 Å². The number of fused-ring (bicyclic) bond motifs is 1. The van der Waals surface area contributed by atoms with Crippen molar-refractivity contribution in [2.24, 2.45) is 0 Å². The van der Waals surface area contributed by atoms with Crippen LogP contribution < -0.4 is 10.2 Å². The van der Waals surface area contributed by atoms with Crippen LogP contribution in [0.1, 0.15) is 16.1 Å². The number of anilines is 3. The topological polar surface area (TPSA) is 65.8 Å². The Kier molecular flexibility index (Phi) is 4.85. The zero-order chi connectivity index (χ0) is 19.5. The Balaban J connectivity index is 1.49. The Morgan fingerprint density at radius 3 is 2.57 bits per heavy atom. The van der Waals surface area contributed by atoms with Gasteiger partial charge in [-0.1, -0.05) is 30.3 Å². The van der Waals surface area contributed by atoms with E-state index in [0.717, 1.165) is 30.0 Å². The maximum Gasteiger partial charge on any atom is 0.289 e. The van der Waals surface area contributed by atoms with Crippen LogP contribution in [0.5, 0.6) is 0 Å². The number of hydrogen-bond donors (Lipinski definition) is 1. The summed E-state index contributed by atoms with van der Waals surface area (Å²) in [7, 11) is 1.58. The van der Waals surface area contributed by atoms with Gasteiger partial charge in [0.15, 0.2) is 5.76 Å². The van der Waals surface area contributed by atoms with E-state index in [0.29, 0.717) is 0 Å². The minimum absolute atomic E-state index is 0.0650. The van der Waals surface area contributed by atoms with E-state index in [-0.39, 0.29) is 24.1 Å². The first-order chi connectivity index (χ1) is 13.6. The molecule has 1 aliphatic rings. The monoisotopic (exact) mass is 375 g/mol. The van der Waals surface area contributed by atoms with Crippen LogP contribution in [0.25, 0.3) is 0 Å². The van der Waals surface area contributed by atoms with Crippen molar-refractivity contribution >= 4 is 28.9 Å². The van der Waals surface area contributed by atoms with Gasteiger partial charge in [-0.15, -0.1) is 0 Å². The van der Waals surface area contributed by atoms with E-state index in [2.05, 4.69) is 22.3 Å². The summed E-state index contributed by atoms with van der Waals surface area (Å²) >= 11 is 0. The summed E-state index contributed by atoms with van der Waals surface area (Å²) in [5, 5.41) is 2.94. The molecule has 0 aliphatic carbocycles. The zero-order valence-electron chi connectivity index (χ0n) is 15.6. The maximum atomic E-state index is 12.6. The zero-order valence-corrected chi connectivity index (χ0v) is 15.6. The maximum absolute atomic E-state index is 12.6. The summed E-state index contributed by atoms with van der Waals surface area (Å²) < 4.78 is 5.11. The molecule has 28 heavy (non-hydrogen) atoms. The number of likely N-dealkylation sites (N-methyl/N-ethyl adjacent to an activating group) is 1. The number of rotatable bonds is 5. The largest absolute Gasteiger partial charge is 0.459 e. The molecule has 0 atom stereocenters. The van der Waals surface area contributed by atoms with Crippen molar-refractivity contribution in [1.82, 2.24) is 4.90 Å². The Hall–Kier alpha value is -3.54. The van der Waals surface area contributed by atoms with Crippen molar-refractivity contribution in [2.45, 2.75) is 6.42 Å². The molecule has 1 aromatic heterocycles. The molecule has 6 nitrogen and oxygen atoms in total. The summed E-state index contributed by atoms with van der Waals surface area (Å²) in [4.78, 5) is 28.4. The summed E-state index contributed by atoms with van der Waals surface area (Å²) in [5.41, 5.74) is 4.13. The number of nitrogens with one attached hydrogen (secondary N) is 1. The molecule has 0 spiro atoms. The summed E-state index contributed by atoms with van der Waals surface area (Å²) in [6.45, 7) is 0.799. The lowest BCUT2D eigenvalue weighted by atomic mass is 10.1. The van der Waals surface area contributed by atoms with Crippen molar-refractivity contribution in [2.75, 3.05) is 30.4 Å². The quantitative estimate of drug-likeness (QED) is 0.739. The van der Waals surface area contributed by atoms with Gasteiger partial charge in [0.25, 0.3) is 5.91 Å². The molecule has 2 aromatic carbocycles. The molecule has 142 valence electrons. The van der Waals surface area contributed by atoms with Crippen molar-refractivity contribution < 1.29 is 14.0 Å². The lowest BCUT2D eigenvalue weighted by Crippen LogP contribution is -2.35. The van der Waals surface area contributed by atoms with Crippen LogP contribution in [-0.2, 0) is 11.2 Å². The second-order valence-electron chi connectivity index (χ2n) is 6.73. The average Bonchev–Trinajstić information content (AvgIpc) is 3.38. The molecule has 0 bridgehead atoms. The number of benzene rings is 2. The fourth-order valence-corrected chi connectivity index (χ4v) is 3.47. The third-order valence-electron chi connectivity index (χ3n) is 4.82. The molecule has 0 saturated heterocycles. The Labute approximate surface area is 163 Å². The smallest absolute Gasteiger partial charge is 0.289 e. The number of carbonyl (C=O) groups excluding carboxylic acids is 2. The van der Waals surface area contributed by atoms with Crippen LogP contribution in [0.2, 0.25) is 0 Å². The standard InChI is InChI=1S/C22H21N3O3/c1-24(22(27)20-11-6-14-28-20)15-21(26)23-17-8-3-5-10-19(17)25-13-12-16-7-2-4-9-18(16)25/h2-11,14H,12-13,15H2,1H3,(H,23,26). The minimum atomic E-state index is -0.332. The Morgan fingerprint density at radius 1 is 1.04 bits per heavy atom. The van der Waals surface area contributed by atoms with E-state index < -0.39 is 0 Å². The Morgan fingerprint density at radius 2 is 1.79 bits per heavy atom. The van der Waals surface area contributed by atoms with Gasteiger partial charge in [-0.2, -0.15) is 0 Å². The highest BCUT2D eigenvalue weighted by atomic mass is 16.3. The fraction of sp³-hybridized carbons (Fsp3) is 0.182. The van der Waals surface area contributed by atoms with Gasteiger partial charge in [-0.3, -0.25) is 9.59 Å². The second kappa shape index (κ2) is 7.60. The molecule has 1 aliphatic heterocycles. The summed E-state index contributed by atoms with van der Waals surface area (Å²) in [6, 6.07) is 19.2. The van der Waals surface area contributed by atoms with Crippen molar-refractivity contribution in [3.05, 3.63) is 78.3 Å². The normalized spacial score (nSPS) is 12.5. The van der Waals surface area contributed by atoms with Gasteiger partial charge in [0.2, 0.25) is 5.91 Å². The van der Waals surface area contributed by atoms with Gasteiger partial charge in [-0.05, 0) is 42.3 Å². The van der Waals surface area contributed by atoms with Crippen LogP contribution in [0.15, 0.2) is 71.3 Å². The van der Waals surface area contributed by atoms with Gasteiger partial charge in [0.05, 0.1) is 24.2 Å². The minimum Gasteiger partial charge on any atom is -0.459 e. The van der Waals surface area contributed by atoms with E-state index in [4.69, 9.17) is 4.42 Å². The molecule has 2 amide bonds. The number of amides is 2. The molecule has 1 N–H and O–H groups in total. The van der Waals surface area contributed by atoms with Crippen LogP contribution >= 0.6 is 0 Å². The predicted molar refractivity (Wildman–Crippen MR) is 108 cm³/mol. The van der Waals surface area contributed by atoms with E-state index in [1.54, 1.807) is 19.2 Å². The first-order valence-electron chi connectivity index (χ1n) is 9.17. The molecule has 0 unspecified atom stereocenters. The van der Waals surface area contributed by atoms with Crippen molar-refractivity contribution in [3.63, 3.8) is 0 Å². The van der Waals surface area contributed by atoms with Gasteiger partial charge in [-0.25, -0.2) is 0 Å². The van der Waals surface area contributed by atoms with E-state index in [1.807, 2.05) is 36.4 Å². The van der Waals surface area contributed by atoms with Crippen LogP contribution in [0.3, 0.4) is 0 Å². The number of nitrogens with zero attached hydrogens (tertiary/aromatic N) is 2. The molecular weight excluding hydrogens is 354 g/mol. The van der Waals surface area contributed by atoms with Crippen LogP contribution in [0, 0.1) is 0 Å². The van der Waals surface area contributed by atoms with Gasteiger partial charge < -0.3 is 19.5 Å². The number of furan rings is 1. The van der Waals surface area contributed by atoms with Crippen molar-refractivity contribution in [3.8, 4) is 0 Å². The number of carbonyl (C=O) groups is 2. The molecule has 0 fully saturated rings. The van der Waals surface area contributed by atoms with Crippen LogP contribution in [0.4, 0.5) is 17.1 Å². The van der Waals surface area contributed by atoms with Gasteiger partial charge in [0.1, 0.15) is 0 Å². The lowest BCUT2D eigenvalue weighted by molar-refractivity contribution is -0.116.